The molecule has 0 radical (unpaired) electrons. The first-order valence-electron chi connectivity index (χ1n) is 6.06. The average molecular weight is 322 g/mol. The first-order valence-corrected chi connectivity index (χ1v) is 7.04. The number of hydrogen-bond acceptors (Lipinski definition) is 3. The van der Waals surface area contributed by atoms with Crippen LogP contribution < -0.4 is 11.5 Å². The summed E-state index contributed by atoms with van der Waals surface area (Å²) in [7, 11) is 0. The molecule has 0 saturated carbocycles. The second kappa shape index (κ2) is 8.34. The van der Waals surface area contributed by atoms with Crippen molar-refractivity contribution < 1.29 is 4.79 Å². The molecule has 0 aliphatic heterocycles. The van der Waals surface area contributed by atoms with Gasteiger partial charge in [0.1, 0.15) is 0 Å². The summed E-state index contributed by atoms with van der Waals surface area (Å²) in [6.07, 6.45) is 0. The van der Waals surface area contributed by atoms with Gasteiger partial charge in [-0.15, -0.1) is 12.4 Å². The van der Waals surface area contributed by atoms with Crippen LogP contribution in [0.1, 0.15) is 15.9 Å². The van der Waals surface area contributed by atoms with Crippen molar-refractivity contribution in [2.75, 3.05) is 0 Å². The Kier molecular flexibility index (Phi) is 6.78. The lowest BCUT2D eigenvalue weighted by molar-refractivity contribution is 0.108. The van der Waals surface area contributed by atoms with Crippen LogP contribution in [-0.4, -0.2) is 11.1 Å². The maximum atomic E-state index is 12.0. The number of carbonyl (C=O) groups excluding carboxylic acids is 1. The van der Waals surface area contributed by atoms with Crippen LogP contribution in [0, 0.1) is 0 Å². The summed E-state index contributed by atoms with van der Waals surface area (Å²) >= 11 is 1.28. The fraction of sp³-hybridized carbons (Fsp3) is 0.0667. The second-order valence-electron chi connectivity index (χ2n) is 4.15. The predicted molar refractivity (Wildman–Crippen MR) is 91.2 cm³/mol. The van der Waals surface area contributed by atoms with E-state index in [2.05, 4.69) is 4.99 Å². The molecular weight excluding hydrogens is 306 g/mol. The smallest absolute Gasteiger partial charge is 0.219 e. The highest BCUT2D eigenvalue weighted by Crippen LogP contribution is 2.20. The number of benzene rings is 2. The number of thioether (sulfide) groups is 1. The molecule has 2 aromatic rings. The molecule has 0 aliphatic rings. The molecule has 0 spiro atoms. The van der Waals surface area contributed by atoms with Crippen LogP contribution in [0.4, 0.5) is 5.69 Å². The summed E-state index contributed by atoms with van der Waals surface area (Å²) in [6, 6.07) is 16.8. The molecule has 2 rings (SSSR count). The largest absolute Gasteiger partial charge is 0.370 e. The summed E-state index contributed by atoms with van der Waals surface area (Å²) in [5, 5.41) is 0.0325. The van der Waals surface area contributed by atoms with E-state index in [4.69, 9.17) is 11.5 Å². The molecule has 0 unspecified atom stereocenters. The molecule has 0 atom stereocenters. The molecule has 4 nitrogen and oxygen atoms in total. The summed E-state index contributed by atoms with van der Waals surface area (Å²) in [5.41, 5.74) is 13.0. The van der Waals surface area contributed by atoms with Crippen molar-refractivity contribution in [1.29, 1.82) is 0 Å². The minimum Gasteiger partial charge on any atom is -0.370 e. The zero-order valence-electron chi connectivity index (χ0n) is 11.2. The van der Waals surface area contributed by atoms with Gasteiger partial charge in [-0.2, -0.15) is 0 Å². The van der Waals surface area contributed by atoms with Gasteiger partial charge in [-0.3, -0.25) is 4.79 Å². The minimum atomic E-state index is 0. The summed E-state index contributed by atoms with van der Waals surface area (Å²) in [5.74, 6) is 0.664. The van der Waals surface area contributed by atoms with Crippen LogP contribution in [0.3, 0.4) is 0 Å². The van der Waals surface area contributed by atoms with Gasteiger partial charge in [0.15, 0.2) is 5.96 Å². The molecule has 2 aromatic carbocycles. The van der Waals surface area contributed by atoms with Crippen LogP contribution in [0.2, 0.25) is 0 Å². The van der Waals surface area contributed by atoms with Gasteiger partial charge in [0.25, 0.3) is 0 Å². The quantitative estimate of drug-likeness (QED) is 0.669. The molecule has 0 heterocycles. The summed E-state index contributed by atoms with van der Waals surface area (Å²) in [6.45, 7) is 0. The van der Waals surface area contributed by atoms with Gasteiger partial charge in [-0.1, -0.05) is 42.1 Å². The number of hydrogen-bond donors (Lipinski definition) is 2. The Morgan fingerprint density at radius 2 is 1.62 bits per heavy atom. The molecule has 0 aromatic heterocycles. The molecular formula is C15H16ClN3OS. The SMILES string of the molecule is Cl.NC(N)=Nc1ccc(C(=O)SCc2ccccc2)cc1. The third-order valence-corrected chi connectivity index (χ3v) is 3.55. The fourth-order valence-electron chi connectivity index (χ4n) is 1.63. The van der Waals surface area contributed by atoms with Gasteiger partial charge >= 0.3 is 0 Å². The van der Waals surface area contributed by atoms with Gasteiger partial charge in [0, 0.05) is 11.3 Å². The number of halogens is 1. The molecule has 6 heteroatoms. The maximum Gasteiger partial charge on any atom is 0.219 e. The van der Waals surface area contributed by atoms with E-state index in [1.165, 1.54) is 11.8 Å². The van der Waals surface area contributed by atoms with Crippen molar-refractivity contribution >= 4 is 40.9 Å². The average Bonchev–Trinajstić information content (AvgIpc) is 2.46. The molecule has 0 fully saturated rings. The Morgan fingerprint density at radius 3 is 2.19 bits per heavy atom. The zero-order valence-corrected chi connectivity index (χ0v) is 12.9. The number of nitrogens with two attached hydrogens (primary N) is 2. The van der Waals surface area contributed by atoms with Crippen molar-refractivity contribution in [2.45, 2.75) is 5.75 Å². The van der Waals surface area contributed by atoms with Crippen molar-refractivity contribution in [1.82, 2.24) is 0 Å². The monoisotopic (exact) mass is 321 g/mol. The molecule has 0 amide bonds. The van der Waals surface area contributed by atoms with Crippen LogP contribution in [0.5, 0.6) is 0 Å². The maximum absolute atomic E-state index is 12.0. The van der Waals surface area contributed by atoms with Gasteiger partial charge < -0.3 is 11.5 Å². The van der Waals surface area contributed by atoms with Crippen LogP contribution in [0.25, 0.3) is 0 Å². The first-order chi connectivity index (χ1) is 9.65. The van der Waals surface area contributed by atoms with Crippen LogP contribution in [-0.2, 0) is 5.75 Å². The van der Waals surface area contributed by atoms with E-state index in [0.29, 0.717) is 17.0 Å². The van der Waals surface area contributed by atoms with E-state index < -0.39 is 0 Å². The van der Waals surface area contributed by atoms with Crippen molar-refractivity contribution in [2.24, 2.45) is 16.5 Å². The molecule has 0 bridgehead atoms. The third kappa shape index (κ3) is 5.49. The molecule has 0 aliphatic carbocycles. The Morgan fingerprint density at radius 1 is 1.00 bits per heavy atom. The third-order valence-electron chi connectivity index (χ3n) is 2.57. The van der Waals surface area contributed by atoms with Gasteiger partial charge in [-0.25, -0.2) is 4.99 Å². The Balaban J connectivity index is 0.00000220. The number of carbonyl (C=O) groups is 1. The second-order valence-corrected chi connectivity index (χ2v) is 5.09. The topological polar surface area (TPSA) is 81.5 Å². The highest BCUT2D eigenvalue weighted by Gasteiger charge is 2.06. The Bertz CT molecular complexity index is 611. The Labute approximate surface area is 134 Å². The van der Waals surface area contributed by atoms with Crippen LogP contribution in [0.15, 0.2) is 59.6 Å². The number of aliphatic imine (C=N–C) groups is 1. The number of rotatable bonds is 4. The lowest BCUT2D eigenvalue weighted by Gasteiger charge is -2.02. The minimum absolute atomic E-state index is 0. The molecule has 21 heavy (non-hydrogen) atoms. The number of nitrogens with zero attached hydrogens (tertiary/aromatic N) is 1. The highest BCUT2D eigenvalue weighted by atomic mass is 35.5. The first kappa shape index (κ1) is 17.1. The molecule has 110 valence electrons. The lowest BCUT2D eigenvalue weighted by atomic mass is 10.2. The van der Waals surface area contributed by atoms with E-state index in [0.717, 1.165) is 5.56 Å². The lowest BCUT2D eigenvalue weighted by Crippen LogP contribution is -2.21. The fourth-order valence-corrected chi connectivity index (χ4v) is 2.42. The van der Waals surface area contributed by atoms with Crippen LogP contribution >= 0.6 is 24.2 Å². The molecule has 4 N–H and O–H groups in total. The Hall–Kier alpha value is -1.98. The number of guanidine groups is 1. The highest BCUT2D eigenvalue weighted by molar-refractivity contribution is 8.13. The molecule has 0 saturated heterocycles. The van der Waals surface area contributed by atoms with Gasteiger partial charge in [-0.05, 0) is 29.8 Å². The van der Waals surface area contributed by atoms with E-state index >= 15 is 0 Å². The van der Waals surface area contributed by atoms with Crippen molar-refractivity contribution in [3.63, 3.8) is 0 Å². The normalized spacial score (nSPS) is 9.52. The standard InChI is InChI=1S/C15H15N3OS.ClH/c16-15(17)18-13-8-6-12(7-9-13)14(19)20-10-11-4-2-1-3-5-11;/h1-9H,10H2,(H4,16,17,18);1H. The van der Waals surface area contributed by atoms with Crippen molar-refractivity contribution in [3.05, 3.63) is 65.7 Å². The summed E-state index contributed by atoms with van der Waals surface area (Å²) in [4.78, 5) is 15.9. The van der Waals surface area contributed by atoms with E-state index in [1.807, 2.05) is 30.3 Å². The van der Waals surface area contributed by atoms with Crippen molar-refractivity contribution in [3.8, 4) is 0 Å². The van der Waals surface area contributed by atoms with Gasteiger partial charge in [0.2, 0.25) is 5.12 Å². The van der Waals surface area contributed by atoms with Gasteiger partial charge in [0.05, 0.1) is 5.69 Å². The van der Waals surface area contributed by atoms with E-state index in [1.54, 1.807) is 24.3 Å². The predicted octanol–water partition coefficient (Wildman–Crippen LogP) is 3.09. The van der Waals surface area contributed by atoms with E-state index in [-0.39, 0.29) is 23.5 Å². The van der Waals surface area contributed by atoms with E-state index in [9.17, 15) is 4.79 Å². The zero-order chi connectivity index (χ0) is 14.4. The summed E-state index contributed by atoms with van der Waals surface area (Å²) < 4.78 is 0.